The highest BCUT2D eigenvalue weighted by Gasteiger charge is 2.49. The van der Waals surface area contributed by atoms with Crippen molar-refractivity contribution in [3.05, 3.63) is 47.1 Å². The lowest BCUT2D eigenvalue weighted by atomic mass is 9.81. The molecule has 0 aromatic heterocycles. The maximum absolute atomic E-state index is 11.7. The number of aliphatic hydroxyl groups excluding tert-OH is 2. The minimum Gasteiger partial charge on any atom is -0.464 e. The molecule has 5 fully saturated rings. The predicted molar refractivity (Wildman–Crippen MR) is 241 cm³/mol. The van der Waals surface area contributed by atoms with Gasteiger partial charge in [-0.2, -0.15) is 0 Å². The van der Waals surface area contributed by atoms with Gasteiger partial charge in [-0.1, -0.05) is 64.5 Å². The van der Waals surface area contributed by atoms with Crippen molar-refractivity contribution in [1.29, 1.82) is 0 Å². The number of methoxy groups -OCH3 is 3. The molecule has 2 N–H and O–H groups in total. The summed E-state index contributed by atoms with van der Waals surface area (Å²) in [5, 5.41) is 21.5. The van der Waals surface area contributed by atoms with E-state index in [0.29, 0.717) is 70.0 Å². The third-order valence-electron chi connectivity index (χ3n) is 14.2. The summed E-state index contributed by atoms with van der Waals surface area (Å²) in [5.41, 5.74) is 3.00. The van der Waals surface area contributed by atoms with Gasteiger partial charge in [0.25, 0.3) is 6.47 Å². The molecule has 366 valence electrons. The minimum absolute atomic E-state index is 0.0681. The molecular formula is C50H82O14. The van der Waals surface area contributed by atoms with Crippen molar-refractivity contribution in [2.24, 2.45) is 17.8 Å². The van der Waals surface area contributed by atoms with E-state index in [9.17, 15) is 15.0 Å². The van der Waals surface area contributed by atoms with Crippen molar-refractivity contribution in [3.63, 3.8) is 0 Å². The Balaban J connectivity index is 1.32. The third kappa shape index (κ3) is 14.2. The molecule has 0 saturated carbocycles. The molecule has 5 saturated heterocycles. The summed E-state index contributed by atoms with van der Waals surface area (Å²) < 4.78 is 68.1. The van der Waals surface area contributed by atoms with E-state index in [-0.39, 0.29) is 42.5 Å². The van der Waals surface area contributed by atoms with E-state index in [1.165, 1.54) is 0 Å². The van der Waals surface area contributed by atoms with Crippen LogP contribution in [0, 0.1) is 17.8 Å². The lowest BCUT2D eigenvalue weighted by Crippen LogP contribution is -2.55. The number of carbonyl (C=O) groups is 1. The van der Waals surface area contributed by atoms with Crippen LogP contribution in [-0.4, -0.2) is 143 Å². The summed E-state index contributed by atoms with van der Waals surface area (Å²) >= 11 is 0. The normalized spacial score (nSPS) is 39.3. The van der Waals surface area contributed by atoms with Gasteiger partial charge in [0.2, 0.25) is 0 Å². The van der Waals surface area contributed by atoms with Crippen LogP contribution in [0.5, 0.6) is 0 Å². The zero-order valence-corrected chi connectivity index (χ0v) is 40.6. The topological polar surface area (TPSA) is 159 Å². The summed E-state index contributed by atoms with van der Waals surface area (Å²) in [6.07, 6.45) is 11.2. The monoisotopic (exact) mass is 907 g/mol. The van der Waals surface area contributed by atoms with Gasteiger partial charge in [-0.15, -0.1) is 0 Å². The molecular weight excluding hydrogens is 825 g/mol. The fourth-order valence-electron chi connectivity index (χ4n) is 10.1. The molecule has 0 aliphatic carbocycles. The average Bonchev–Trinajstić information content (AvgIpc) is 3.75. The van der Waals surface area contributed by atoms with Crippen molar-refractivity contribution < 1.29 is 67.1 Å². The summed E-state index contributed by atoms with van der Waals surface area (Å²) in [7, 11) is 4.92. The van der Waals surface area contributed by atoms with Crippen LogP contribution in [0.3, 0.4) is 0 Å². The maximum atomic E-state index is 11.7. The zero-order valence-electron chi connectivity index (χ0n) is 40.6. The van der Waals surface area contributed by atoms with E-state index in [1.54, 1.807) is 21.3 Å². The van der Waals surface area contributed by atoms with Gasteiger partial charge in [-0.05, 0) is 81.9 Å². The Kier molecular flexibility index (Phi) is 21.0. The van der Waals surface area contributed by atoms with Gasteiger partial charge < -0.3 is 62.3 Å². The molecule has 0 amide bonds. The standard InChI is InChI=1S/C50H82O14/c1-12-30(2)48-34(6)20-21-50(64-48)27-39(58-29-51)24-38(63-50)19-18-33(5)47(32(4)15-13-17-37-23-41(57-28-37)45(52)31(3)16-14-22-54-9)61-44-26-42(56-11)49(36(8)60-44)62-43-25-40(55-10)46(53)35(7)59-43/h13,15-18,29-30,32,34-36,38-49,52-53H,12,14,19-28H2,1-11H3/b15-13+,31-16-,33-18+,37-17-/t30-,32-,34-,35-,36-,38+,39-,40-,41-,42-,43-,44-,45+,46-,47-,48?,49-,50+/m0/s1. The van der Waals surface area contributed by atoms with Crippen LogP contribution in [0.25, 0.3) is 0 Å². The van der Waals surface area contributed by atoms with E-state index >= 15 is 0 Å². The minimum atomic E-state index is -0.804. The Hall–Kier alpha value is -2.05. The first-order valence-corrected chi connectivity index (χ1v) is 23.9. The average molecular weight is 907 g/mol. The number of carbonyl (C=O) groups excluding carboxylic acids is 1. The molecule has 14 heteroatoms. The molecule has 5 heterocycles. The Morgan fingerprint density at radius 3 is 2.39 bits per heavy atom. The predicted octanol–water partition coefficient (Wildman–Crippen LogP) is 7.28. The molecule has 64 heavy (non-hydrogen) atoms. The Morgan fingerprint density at radius 1 is 0.953 bits per heavy atom. The van der Waals surface area contributed by atoms with Gasteiger partial charge in [0.15, 0.2) is 18.4 Å². The van der Waals surface area contributed by atoms with Gasteiger partial charge in [-0.3, -0.25) is 4.79 Å². The lowest BCUT2D eigenvalue weighted by Gasteiger charge is -2.50. The van der Waals surface area contributed by atoms with E-state index in [1.807, 2.05) is 26.8 Å². The van der Waals surface area contributed by atoms with Gasteiger partial charge in [-0.25, -0.2) is 0 Å². The Morgan fingerprint density at radius 2 is 1.69 bits per heavy atom. The SMILES string of the molecule is CC[C@H](C)C1O[C@]2(CC[C@@H]1C)C[C@@H](OC=O)C[C@@H](C/C=C(\C)[C@@H](O[C@H]1C[C@H](OC)[C@@H](O[C@H]3C[C@H](OC)[C@@H](O)[C@H](C)O3)[C@H](C)O1)[C@@H](C)/C=C/C=C1\CO[C@H]([C@H](O)/C(C)=C\CCOC)C1)O2. The van der Waals surface area contributed by atoms with Crippen molar-refractivity contribution in [1.82, 2.24) is 0 Å². The first kappa shape index (κ1) is 52.9. The second kappa shape index (κ2) is 25.4. The summed E-state index contributed by atoms with van der Waals surface area (Å²) in [6.45, 7) is 18.2. The van der Waals surface area contributed by atoms with Crippen molar-refractivity contribution in [2.75, 3.05) is 34.5 Å². The number of ether oxygens (including phenoxy) is 11. The first-order chi connectivity index (χ1) is 30.6. The van der Waals surface area contributed by atoms with Gasteiger partial charge in [0.05, 0.1) is 55.4 Å². The fourth-order valence-corrected chi connectivity index (χ4v) is 10.1. The van der Waals surface area contributed by atoms with Crippen LogP contribution in [0.1, 0.15) is 120 Å². The van der Waals surface area contributed by atoms with E-state index in [0.717, 1.165) is 42.4 Å². The second-order valence-electron chi connectivity index (χ2n) is 19.1. The lowest BCUT2D eigenvalue weighted by molar-refractivity contribution is -0.340. The number of allylic oxidation sites excluding steroid dienone is 2. The molecule has 0 bridgehead atoms. The molecule has 5 aliphatic rings. The number of rotatable bonds is 21. The van der Waals surface area contributed by atoms with Crippen molar-refractivity contribution >= 4 is 6.47 Å². The van der Waals surface area contributed by atoms with Crippen LogP contribution in [0.2, 0.25) is 0 Å². The van der Waals surface area contributed by atoms with Crippen LogP contribution < -0.4 is 0 Å². The summed E-state index contributed by atoms with van der Waals surface area (Å²) in [4.78, 5) is 11.7. The van der Waals surface area contributed by atoms with Crippen LogP contribution in [-0.2, 0) is 56.9 Å². The second-order valence-corrected chi connectivity index (χ2v) is 19.1. The van der Waals surface area contributed by atoms with E-state index < -0.39 is 55.0 Å². The smallest absolute Gasteiger partial charge is 0.293 e. The molecule has 1 unspecified atom stereocenters. The fraction of sp³-hybridized carbons (Fsp3) is 0.820. The summed E-state index contributed by atoms with van der Waals surface area (Å²) in [5.74, 6) is -0.0986. The highest BCUT2D eigenvalue weighted by Crippen LogP contribution is 2.45. The van der Waals surface area contributed by atoms with E-state index in [2.05, 4.69) is 58.9 Å². The quantitative estimate of drug-likeness (QED) is 0.0672. The van der Waals surface area contributed by atoms with E-state index in [4.69, 9.17) is 52.1 Å². The highest BCUT2D eigenvalue weighted by molar-refractivity contribution is 5.37. The summed E-state index contributed by atoms with van der Waals surface area (Å²) in [6, 6.07) is 0. The molecule has 0 aromatic rings. The van der Waals surface area contributed by atoms with Gasteiger partial charge >= 0.3 is 0 Å². The molecule has 5 aliphatic heterocycles. The largest absolute Gasteiger partial charge is 0.464 e. The van der Waals surface area contributed by atoms with Crippen LogP contribution >= 0.6 is 0 Å². The van der Waals surface area contributed by atoms with Crippen LogP contribution in [0.15, 0.2) is 47.1 Å². The van der Waals surface area contributed by atoms with Gasteiger partial charge in [0.1, 0.15) is 24.4 Å². The molecule has 5 rings (SSSR count). The molecule has 18 atom stereocenters. The zero-order chi connectivity index (χ0) is 46.6. The number of aliphatic hydroxyl groups is 2. The Bertz CT molecular complexity index is 1550. The maximum Gasteiger partial charge on any atom is 0.293 e. The number of hydrogen-bond donors (Lipinski definition) is 2. The van der Waals surface area contributed by atoms with Crippen LogP contribution in [0.4, 0.5) is 0 Å². The molecule has 14 nitrogen and oxygen atoms in total. The highest BCUT2D eigenvalue weighted by atomic mass is 16.7. The number of hydrogen-bond acceptors (Lipinski definition) is 14. The van der Waals surface area contributed by atoms with Crippen molar-refractivity contribution in [2.45, 2.75) is 211 Å². The molecule has 0 radical (unpaired) electrons. The third-order valence-corrected chi connectivity index (χ3v) is 14.2. The Labute approximate surface area is 383 Å². The molecule has 1 spiro atoms. The van der Waals surface area contributed by atoms with Crippen molar-refractivity contribution in [3.8, 4) is 0 Å². The van der Waals surface area contributed by atoms with Gasteiger partial charge in [0, 0.05) is 66.0 Å². The first-order valence-electron chi connectivity index (χ1n) is 23.9. The molecule has 0 aromatic carbocycles.